The Morgan fingerprint density at radius 1 is 1.00 bits per heavy atom. The van der Waals surface area contributed by atoms with Gasteiger partial charge in [-0.15, -0.1) is 0 Å². The highest BCUT2D eigenvalue weighted by atomic mass is 16.3. The number of hydrogen-bond acceptors (Lipinski definition) is 5. The van der Waals surface area contributed by atoms with Crippen molar-refractivity contribution in [3.63, 3.8) is 0 Å². The van der Waals surface area contributed by atoms with Crippen molar-refractivity contribution in [2.45, 2.75) is 0 Å². The smallest absolute Gasteiger partial charge is 0.360 e. The number of carbonyl (C=O) groups is 1. The molecule has 8 nitrogen and oxygen atoms in total. The van der Waals surface area contributed by atoms with Crippen molar-refractivity contribution in [3.8, 4) is 0 Å². The second-order valence-corrected chi connectivity index (χ2v) is 6.06. The van der Waals surface area contributed by atoms with Crippen LogP contribution in [-0.2, 0) is 14.1 Å². The maximum Gasteiger partial charge on any atom is 0.360 e. The van der Waals surface area contributed by atoms with Gasteiger partial charge in [0, 0.05) is 26.5 Å². The number of hydrogen-bond donors (Lipinski definition) is 1. The molecule has 0 radical (unpaired) electrons. The van der Waals surface area contributed by atoms with Gasteiger partial charge in [0.05, 0.1) is 25.5 Å². The van der Waals surface area contributed by atoms with Crippen LogP contribution in [0.5, 0.6) is 0 Å². The molecule has 0 spiro atoms. The molecule has 1 aromatic rings. The third-order valence-electron chi connectivity index (χ3n) is 4.07. The van der Waals surface area contributed by atoms with Gasteiger partial charge in [0.25, 0.3) is 5.88 Å². The highest BCUT2D eigenvalue weighted by Gasteiger charge is 2.21. The predicted molar refractivity (Wildman–Crippen MR) is 98.4 cm³/mol. The minimum absolute atomic E-state index is 0.0865. The fraction of sp³-hybridized carbons (Fsp3) is 0.222. The Hall–Kier alpha value is -3.42. The number of imidazole rings is 1. The first-order valence-electron chi connectivity index (χ1n) is 8.03. The van der Waals surface area contributed by atoms with E-state index in [-0.39, 0.29) is 11.8 Å². The van der Waals surface area contributed by atoms with Gasteiger partial charge in [0.15, 0.2) is 5.82 Å². The zero-order valence-electron chi connectivity index (χ0n) is 15.2. The molecule has 2 heterocycles. The van der Waals surface area contributed by atoms with Crippen molar-refractivity contribution in [1.82, 2.24) is 14.4 Å². The van der Waals surface area contributed by atoms with Gasteiger partial charge in [-0.1, -0.05) is 0 Å². The lowest BCUT2D eigenvalue weighted by atomic mass is 10.1. The van der Waals surface area contributed by atoms with E-state index < -0.39 is 0 Å². The van der Waals surface area contributed by atoms with Crippen molar-refractivity contribution in [2.24, 2.45) is 24.1 Å². The number of allylic oxidation sites excluding steroid dienone is 4. The molecule has 0 fully saturated rings. The minimum Gasteiger partial charge on any atom is -0.491 e. The predicted octanol–water partition coefficient (Wildman–Crippen LogP) is 1.03. The summed E-state index contributed by atoms with van der Waals surface area (Å²) >= 11 is 0. The summed E-state index contributed by atoms with van der Waals surface area (Å²) in [5, 5.41) is 10.3. The van der Waals surface area contributed by atoms with Gasteiger partial charge in [-0.2, -0.15) is 0 Å². The summed E-state index contributed by atoms with van der Waals surface area (Å²) < 4.78 is 3.45. The van der Waals surface area contributed by atoms with Crippen LogP contribution < -0.4 is 4.57 Å². The topological polar surface area (TPSA) is 77.3 Å². The Kier molecular flexibility index (Phi) is 4.57. The van der Waals surface area contributed by atoms with Crippen molar-refractivity contribution in [1.29, 1.82) is 0 Å². The van der Waals surface area contributed by atoms with Gasteiger partial charge < -0.3 is 14.9 Å². The molecule has 0 unspecified atom stereocenters. The molecule has 8 heteroatoms. The highest BCUT2D eigenvalue weighted by molar-refractivity contribution is 6.21. The van der Waals surface area contributed by atoms with Crippen molar-refractivity contribution in [2.75, 3.05) is 14.1 Å². The van der Waals surface area contributed by atoms with Crippen LogP contribution in [0.4, 0.5) is 0 Å². The Morgan fingerprint density at radius 3 is 2.04 bits per heavy atom. The molecule has 0 aromatic carbocycles. The molecule has 1 aromatic heterocycles. The fourth-order valence-electron chi connectivity index (χ4n) is 2.74. The zero-order chi connectivity index (χ0) is 18.8. The monoisotopic (exact) mass is 353 g/mol. The Morgan fingerprint density at radius 2 is 1.54 bits per heavy atom. The second-order valence-electron chi connectivity index (χ2n) is 6.06. The average Bonchev–Trinajstić information content (AvgIpc) is 3.10. The molecule has 0 saturated carbocycles. The third-order valence-corrected chi connectivity index (χ3v) is 4.07. The lowest BCUT2D eigenvalue weighted by Crippen LogP contribution is -2.34. The van der Waals surface area contributed by atoms with Gasteiger partial charge in [0.2, 0.25) is 0 Å². The Labute approximate surface area is 151 Å². The van der Waals surface area contributed by atoms with Crippen LogP contribution in [0.15, 0.2) is 70.8 Å². The number of rotatable bonds is 2. The molecule has 134 valence electrons. The number of amides is 1. The third kappa shape index (κ3) is 3.34. The first kappa shape index (κ1) is 17.4. The van der Waals surface area contributed by atoms with E-state index in [9.17, 15) is 9.90 Å². The number of aromatic nitrogens is 2. The number of aliphatic imine (C=N–C) groups is 2. The largest absolute Gasteiger partial charge is 0.491 e. The van der Waals surface area contributed by atoms with Gasteiger partial charge in [-0.3, -0.25) is 4.79 Å². The van der Waals surface area contributed by atoms with E-state index in [1.165, 1.54) is 0 Å². The first-order valence-corrected chi connectivity index (χ1v) is 8.03. The SMILES string of the molecule is CN1C=CN(C)C1=C(O)N=C1C=CC(=NC(=O)c2n(C)cc[n+]2C)C=C1. The average molecular weight is 353 g/mol. The number of nitrogens with zero attached hydrogens (tertiary/aromatic N) is 6. The van der Waals surface area contributed by atoms with Crippen molar-refractivity contribution in [3.05, 3.63) is 66.6 Å². The van der Waals surface area contributed by atoms with Gasteiger partial charge in [-0.25, -0.2) is 19.1 Å². The quantitative estimate of drug-likeness (QED) is 0.489. The molecule has 0 saturated heterocycles. The summed E-state index contributed by atoms with van der Waals surface area (Å²) in [6, 6.07) is 0. The molecular weight excluding hydrogens is 332 g/mol. The summed E-state index contributed by atoms with van der Waals surface area (Å²) in [5.41, 5.74) is 1.10. The maximum atomic E-state index is 12.3. The van der Waals surface area contributed by atoms with Crippen LogP contribution in [0.25, 0.3) is 0 Å². The number of carbonyl (C=O) groups excluding carboxylic acids is 1. The van der Waals surface area contributed by atoms with Gasteiger partial charge in [-0.05, 0) is 24.3 Å². The van der Waals surface area contributed by atoms with Crippen molar-refractivity contribution >= 4 is 17.3 Å². The van der Waals surface area contributed by atoms with Crippen LogP contribution in [-0.4, -0.2) is 50.9 Å². The second kappa shape index (κ2) is 6.83. The Balaban J connectivity index is 1.78. The van der Waals surface area contributed by atoms with Crippen LogP contribution >= 0.6 is 0 Å². The van der Waals surface area contributed by atoms with Crippen LogP contribution in [0.1, 0.15) is 10.6 Å². The number of aliphatic hydroxyl groups excluding tert-OH is 1. The van der Waals surface area contributed by atoms with E-state index in [0.717, 1.165) is 0 Å². The van der Waals surface area contributed by atoms with Gasteiger partial charge >= 0.3 is 11.7 Å². The lowest BCUT2D eigenvalue weighted by molar-refractivity contribution is -0.672. The summed E-state index contributed by atoms with van der Waals surface area (Å²) in [6.07, 6.45) is 14.1. The van der Waals surface area contributed by atoms with E-state index in [0.29, 0.717) is 23.1 Å². The number of aliphatic hydroxyl groups is 1. The molecule has 1 amide bonds. The molecule has 3 rings (SSSR count). The summed E-state index contributed by atoms with van der Waals surface area (Å²) in [5.74, 6) is 0.664. The molecule has 26 heavy (non-hydrogen) atoms. The minimum atomic E-state index is -0.324. The molecule has 2 aliphatic rings. The van der Waals surface area contributed by atoms with Crippen LogP contribution in [0, 0.1) is 0 Å². The summed E-state index contributed by atoms with van der Waals surface area (Å²) in [6.45, 7) is 0. The molecule has 0 atom stereocenters. The van der Waals surface area contributed by atoms with Gasteiger partial charge in [0.1, 0.15) is 12.4 Å². The number of aryl methyl sites for hydroxylation is 2. The standard InChI is InChI=1S/C18H20N6O2/c1-21-9-10-22(2)17(21)15(25)19-13-5-7-14(8-6-13)20-16(26)18-23(3)11-12-24(18)4/h5-12H,1-4H3/p+1. The molecule has 1 N–H and O–H groups in total. The lowest BCUT2D eigenvalue weighted by Gasteiger charge is -2.17. The van der Waals surface area contributed by atoms with E-state index in [4.69, 9.17) is 0 Å². The maximum absolute atomic E-state index is 12.3. The Bertz CT molecular complexity index is 878. The normalized spacial score (nSPS) is 15.9. The molecule has 1 aliphatic carbocycles. The van der Waals surface area contributed by atoms with Crippen LogP contribution in [0.2, 0.25) is 0 Å². The van der Waals surface area contributed by atoms with E-state index in [1.54, 1.807) is 69.7 Å². The van der Waals surface area contributed by atoms with E-state index in [2.05, 4.69) is 9.98 Å². The fourth-order valence-corrected chi connectivity index (χ4v) is 2.74. The van der Waals surface area contributed by atoms with Crippen molar-refractivity contribution < 1.29 is 14.5 Å². The summed E-state index contributed by atoms with van der Waals surface area (Å²) in [7, 11) is 7.26. The first-order chi connectivity index (χ1) is 12.4. The van der Waals surface area contributed by atoms with E-state index >= 15 is 0 Å². The highest BCUT2D eigenvalue weighted by Crippen LogP contribution is 2.19. The molecule has 0 bridgehead atoms. The molecule has 1 aliphatic heterocycles. The van der Waals surface area contributed by atoms with Crippen LogP contribution in [0.3, 0.4) is 0 Å². The molecular formula is C18H21N6O2+. The summed E-state index contributed by atoms with van der Waals surface area (Å²) in [4.78, 5) is 24.2. The zero-order valence-corrected chi connectivity index (χ0v) is 15.2. The van der Waals surface area contributed by atoms with E-state index in [1.807, 2.05) is 26.5 Å².